The molecule has 0 fully saturated rings. The van der Waals surface area contributed by atoms with Gasteiger partial charge in [-0.05, 0) is 23.6 Å². The van der Waals surface area contributed by atoms with E-state index in [2.05, 4.69) is 10.5 Å². The van der Waals surface area contributed by atoms with E-state index in [1.54, 1.807) is 12.1 Å². The number of carbonyl (C=O) groups excluding carboxylic acids is 2. The fraction of sp³-hybridized carbons (Fsp3) is 0.235. The topological polar surface area (TPSA) is 86.2 Å². The molecule has 1 aromatic heterocycles. The Bertz CT molecular complexity index is 746. The van der Waals surface area contributed by atoms with E-state index >= 15 is 0 Å². The number of benzene rings is 1. The first-order chi connectivity index (χ1) is 12.0. The normalized spacial score (nSPS) is 10.5. The van der Waals surface area contributed by atoms with Gasteiger partial charge in [-0.3, -0.25) is 9.59 Å². The Kier molecular flexibility index (Phi) is 6.53. The predicted octanol–water partition coefficient (Wildman–Crippen LogP) is 2.38. The molecule has 0 atom stereocenters. The Morgan fingerprint density at radius 1 is 1.24 bits per heavy atom. The molecule has 0 aliphatic rings. The number of carbonyl (C=O) groups is 2. The lowest BCUT2D eigenvalue weighted by Gasteiger charge is -2.13. The van der Waals surface area contributed by atoms with Crippen molar-refractivity contribution in [1.29, 1.82) is 0 Å². The van der Waals surface area contributed by atoms with Gasteiger partial charge in [0.1, 0.15) is 0 Å². The molecule has 1 amide bonds. The van der Waals surface area contributed by atoms with Gasteiger partial charge in [0, 0.05) is 17.4 Å². The number of hydrogen-bond donors (Lipinski definition) is 1. The summed E-state index contributed by atoms with van der Waals surface area (Å²) < 4.78 is 15.6. The van der Waals surface area contributed by atoms with Crippen molar-refractivity contribution < 1.29 is 23.8 Å². The molecule has 0 aliphatic heterocycles. The van der Waals surface area contributed by atoms with Crippen LogP contribution in [0.4, 0.5) is 0 Å². The van der Waals surface area contributed by atoms with Gasteiger partial charge in [-0.25, -0.2) is 5.43 Å². The third-order valence-electron chi connectivity index (χ3n) is 3.05. The maximum absolute atomic E-state index is 11.8. The van der Waals surface area contributed by atoms with Gasteiger partial charge in [-0.15, -0.1) is 11.3 Å². The molecule has 8 heteroatoms. The van der Waals surface area contributed by atoms with Crippen molar-refractivity contribution in [3.8, 4) is 17.2 Å². The van der Waals surface area contributed by atoms with Crippen LogP contribution in [-0.4, -0.2) is 32.3 Å². The first-order valence-corrected chi connectivity index (χ1v) is 8.20. The summed E-state index contributed by atoms with van der Waals surface area (Å²) >= 11 is 1.51. The molecular formula is C17H18N2O5S. The molecule has 0 saturated heterocycles. The summed E-state index contributed by atoms with van der Waals surface area (Å²) in [6, 6.07) is 7.02. The van der Waals surface area contributed by atoms with Crippen LogP contribution in [0.5, 0.6) is 17.2 Å². The van der Waals surface area contributed by atoms with Crippen molar-refractivity contribution in [2.75, 3.05) is 14.2 Å². The highest BCUT2D eigenvalue weighted by molar-refractivity contribution is 7.10. The molecule has 0 aliphatic carbocycles. The fourth-order valence-electron chi connectivity index (χ4n) is 2.01. The minimum absolute atomic E-state index is 0.191. The van der Waals surface area contributed by atoms with Gasteiger partial charge < -0.3 is 14.2 Å². The molecule has 1 aromatic carbocycles. The minimum Gasteiger partial charge on any atom is -0.493 e. The second kappa shape index (κ2) is 8.84. The first-order valence-electron chi connectivity index (χ1n) is 7.32. The Labute approximate surface area is 149 Å². The van der Waals surface area contributed by atoms with Crippen LogP contribution in [-0.2, 0) is 16.0 Å². The first kappa shape index (κ1) is 18.5. The predicted molar refractivity (Wildman–Crippen MR) is 94.6 cm³/mol. The van der Waals surface area contributed by atoms with Crippen LogP contribution in [0.25, 0.3) is 0 Å². The standard InChI is InChI=1S/C17H18N2O5S/c1-11(20)24-17-14(22-2)7-12(8-15(17)23-3)10-18-19-16(21)9-13-5-4-6-25-13/h4-8,10H,9H2,1-3H3,(H,19,21)/b18-10-. The number of esters is 1. The van der Waals surface area contributed by atoms with E-state index in [1.807, 2.05) is 17.5 Å². The molecule has 1 N–H and O–H groups in total. The van der Waals surface area contributed by atoms with E-state index in [4.69, 9.17) is 14.2 Å². The van der Waals surface area contributed by atoms with Crippen molar-refractivity contribution in [1.82, 2.24) is 5.43 Å². The number of hydrogen-bond acceptors (Lipinski definition) is 7. The molecule has 0 saturated carbocycles. The summed E-state index contributed by atoms with van der Waals surface area (Å²) in [6.45, 7) is 1.29. The van der Waals surface area contributed by atoms with Gasteiger partial charge in [-0.2, -0.15) is 5.10 Å². The van der Waals surface area contributed by atoms with E-state index in [0.717, 1.165) is 4.88 Å². The molecule has 2 aromatic rings. The van der Waals surface area contributed by atoms with Crippen molar-refractivity contribution in [3.05, 3.63) is 40.1 Å². The average Bonchev–Trinajstić information content (AvgIpc) is 3.08. The quantitative estimate of drug-likeness (QED) is 0.354. The number of hydrazone groups is 1. The highest BCUT2D eigenvalue weighted by Crippen LogP contribution is 2.38. The second-order valence-electron chi connectivity index (χ2n) is 4.90. The number of nitrogens with zero attached hydrogens (tertiary/aromatic N) is 1. The van der Waals surface area contributed by atoms with Crippen molar-refractivity contribution in [3.63, 3.8) is 0 Å². The van der Waals surface area contributed by atoms with Gasteiger partial charge in [0.15, 0.2) is 11.5 Å². The third-order valence-corrected chi connectivity index (χ3v) is 3.92. The summed E-state index contributed by atoms with van der Waals surface area (Å²) in [6.07, 6.45) is 1.72. The second-order valence-corrected chi connectivity index (χ2v) is 5.93. The van der Waals surface area contributed by atoms with Crippen LogP contribution in [0.3, 0.4) is 0 Å². The lowest BCUT2D eigenvalue weighted by molar-refractivity contribution is -0.132. The van der Waals surface area contributed by atoms with Crippen LogP contribution in [0, 0.1) is 0 Å². The molecule has 25 heavy (non-hydrogen) atoms. The third kappa shape index (κ3) is 5.32. The number of nitrogens with one attached hydrogen (secondary N) is 1. The number of thiophene rings is 1. The SMILES string of the molecule is COc1cc(/C=N\NC(=O)Cc2cccs2)cc(OC)c1OC(C)=O. The number of rotatable bonds is 7. The smallest absolute Gasteiger partial charge is 0.308 e. The van der Waals surface area contributed by atoms with E-state index in [9.17, 15) is 9.59 Å². The van der Waals surface area contributed by atoms with E-state index in [-0.39, 0.29) is 18.1 Å². The van der Waals surface area contributed by atoms with Crippen LogP contribution in [0.15, 0.2) is 34.7 Å². The summed E-state index contributed by atoms with van der Waals surface area (Å²) in [5.74, 6) is 0.131. The number of ether oxygens (including phenoxy) is 3. The van der Waals surface area contributed by atoms with Crippen LogP contribution >= 0.6 is 11.3 Å². The molecule has 132 valence electrons. The average molecular weight is 362 g/mol. The van der Waals surface area contributed by atoms with Gasteiger partial charge in [0.05, 0.1) is 26.9 Å². The van der Waals surface area contributed by atoms with Gasteiger partial charge in [0.2, 0.25) is 11.7 Å². The minimum atomic E-state index is -0.487. The Balaban J connectivity index is 2.10. The lowest BCUT2D eigenvalue weighted by atomic mass is 10.2. The number of methoxy groups -OCH3 is 2. The maximum Gasteiger partial charge on any atom is 0.308 e. The van der Waals surface area contributed by atoms with Crippen molar-refractivity contribution >= 4 is 29.4 Å². The molecule has 7 nitrogen and oxygen atoms in total. The number of amides is 1. The van der Waals surface area contributed by atoms with Crippen LogP contribution in [0.2, 0.25) is 0 Å². The molecule has 2 rings (SSSR count). The Morgan fingerprint density at radius 2 is 1.92 bits per heavy atom. The monoisotopic (exact) mass is 362 g/mol. The zero-order valence-electron chi connectivity index (χ0n) is 14.1. The van der Waals surface area contributed by atoms with E-state index in [1.165, 1.54) is 38.7 Å². The molecule has 1 heterocycles. The molecule has 0 spiro atoms. The van der Waals surface area contributed by atoms with Gasteiger partial charge >= 0.3 is 5.97 Å². The highest BCUT2D eigenvalue weighted by atomic mass is 32.1. The molecule has 0 radical (unpaired) electrons. The Morgan fingerprint density at radius 3 is 2.44 bits per heavy atom. The Hall–Kier alpha value is -2.87. The van der Waals surface area contributed by atoms with Crippen molar-refractivity contribution in [2.45, 2.75) is 13.3 Å². The van der Waals surface area contributed by atoms with Gasteiger partial charge in [-0.1, -0.05) is 6.07 Å². The maximum atomic E-state index is 11.8. The van der Waals surface area contributed by atoms with Crippen molar-refractivity contribution in [2.24, 2.45) is 5.10 Å². The zero-order valence-corrected chi connectivity index (χ0v) is 14.9. The van der Waals surface area contributed by atoms with Crippen LogP contribution < -0.4 is 19.6 Å². The molecule has 0 unspecified atom stereocenters. The van der Waals surface area contributed by atoms with Crippen LogP contribution in [0.1, 0.15) is 17.4 Å². The zero-order chi connectivity index (χ0) is 18.2. The summed E-state index contributed by atoms with van der Waals surface area (Å²) in [4.78, 5) is 24.0. The lowest BCUT2D eigenvalue weighted by Crippen LogP contribution is -2.19. The largest absolute Gasteiger partial charge is 0.493 e. The van der Waals surface area contributed by atoms with E-state index < -0.39 is 5.97 Å². The van der Waals surface area contributed by atoms with Gasteiger partial charge in [0.25, 0.3) is 0 Å². The summed E-state index contributed by atoms with van der Waals surface area (Å²) in [5, 5.41) is 5.84. The van der Waals surface area contributed by atoms with E-state index in [0.29, 0.717) is 17.1 Å². The summed E-state index contributed by atoms with van der Waals surface area (Å²) in [7, 11) is 2.90. The highest BCUT2D eigenvalue weighted by Gasteiger charge is 2.15. The summed E-state index contributed by atoms with van der Waals surface area (Å²) in [5.41, 5.74) is 3.07. The fourth-order valence-corrected chi connectivity index (χ4v) is 2.71. The molecular weight excluding hydrogens is 344 g/mol. The molecule has 0 bridgehead atoms.